The van der Waals surface area contributed by atoms with Crippen LogP contribution in [0.3, 0.4) is 0 Å². The fourth-order valence-corrected chi connectivity index (χ4v) is 1.62. The Morgan fingerprint density at radius 2 is 1.26 bits per heavy atom. The van der Waals surface area contributed by atoms with Crippen LogP contribution in [0.15, 0.2) is 98.2 Å². The number of nitrogens with zero attached hydrogens (tertiary/aromatic N) is 1. The molecule has 1 aromatic heterocycles. The summed E-state index contributed by atoms with van der Waals surface area (Å²) >= 11 is 0. The average molecular weight is 301 g/mol. The summed E-state index contributed by atoms with van der Waals surface area (Å²) in [6.45, 7) is 9.28. The largest absolute Gasteiger partial charge is 0.257 e. The molecule has 0 saturated carbocycles. The van der Waals surface area contributed by atoms with Crippen molar-refractivity contribution in [2.45, 2.75) is 6.92 Å². The van der Waals surface area contributed by atoms with Gasteiger partial charge >= 0.3 is 0 Å². The van der Waals surface area contributed by atoms with E-state index in [1.165, 1.54) is 11.1 Å². The van der Waals surface area contributed by atoms with Crippen LogP contribution < -0.4 is 0 Å². The summed E-state index contributed by atoms with van der Waals surface area (Å²) < 4.78 is 0. The standard InChI is InChI=1S/C8H8.C7H7N.C7H8/c1-2-8-6-4-3-5-7-8;1-2-7-5-3-4-6-8-7;1-7-5-3-2-4-6-7/h2-7H,1H2;2-6H,1H2;2-6H,1H3. The van der Waals surface area contributed by atoms with E-state index in [0.29, 0.717) is 0 Å². The van der Waals surface area contributed by atoms with Crippen molar-refractivity contribution in [1.29, 1.82) is 0 Å². The lowest BCUT2D eigenvalue weighted by molar-refractivity contribution is 1.30. The predicted octanol–water partition coefficient (Wildman–Crippen LogP) is 6.05. The lowest BCUT2D eigenvalue weighted by Gasteiger charge is -1.85. The molecule has 1 nitrogen and oxygen atoms in total. The molecule has 116 valence electrons. The quantitative estimate of drug-likeness (QED) is 0.561. The number of benzene rings is 2. The third-order valence-electron chi connectivity index (χ3n) is 2.87. The number of hydrogen-bond acceptors (Lipinski definition) is 1. The second-order valence-electron chi connectivity index (χ2n) is 4.73. The zero-order valence-corrected chi connectivity index (χ0v) is 13.6. The van der Waals surface area contributed by atoms with E-state index in [2.05, 4.69) is 37.2 Å². The van der Waals surface area contributed by atoms with Gasteiger partial charge in [0, 0.05) is 6.20 Å². The van der Waals surface area contributed by atoms with E-state index in [1.54, 1.807) is 12.3 Å². The van der Waals surface area contributed by atoms with Crippen LogP contribution in [0.5, 0.6) is 0 Å². The minimum absolute atomic E-state index is 0.924. The number of aryl methyl sites for hydroxylation is 1. The van der Waals surface area contributed by atoms with Crippen LogP contribution in [-0.4, -0.2) is 4.98 Å². The van der Waals surface area contributed by atoms with Crippen molar-refractivity contribution in [2.24, 2.45) is 0 Å². The van der Waals surface area contributed by atoms with Crippen LogP contribution in [0.1, 0.15) is 16.8 Å². The van der Waals surface area contributed by atoms with Gasteiger partial charge in [0.25, 0.3) is 0 Å². The van der Waals surface area contributed by atoms with Gasteiger partial charge in [0.15, 0.2) is 0 Å². The van der Waals surface area contributed by atoms with Gasteiger partial charge in [-0.05, 0) is 30.7 Å². The van der Waals surface area contributed by atoms with E-state index in [1.807, 2.05) is 72.8 Å². The van der Waals surface area contributed by atoms with Gasteiger partial charge in [-0.2, -0.15) is 0 Å². The fourth-order valence-electron chi connectivity index (χ4n) is 1.62. The van der Waals surface area contributed by atoms with Gasteiger partial charge in [-0.25, -0.2) is 0 Å². The van der Waals surface area contributed by atoms with Gasteiger partial charge in [0.2, 0.25) is 0 Å². The van der Waals surface area contributed by atoms with E-state index in [4.69, 9.17) is 0 Å². The van der Waals surface area contributed by atoms with Crippen molar-refractivity contribution in [3.05, 3.63) is 115 Å². The molecule has 2 aromatic carbocycles. The van der Waals surface area contributed by atoms with Crippen molar-refractivity contribution < 1.29 is 0 Å². The Morgan fingerprint density at radius 1 is 0.696 bits per heavy atom. The molecule has 23 heavy (non-hydrogen) atoms. The molecule has 0 spiro atoms. The molecule has 0 unspecified atom stereocenters. The van der Waals surface area contributed by atoms with Crippen molar-refractivity contribution in [3.8, 4) is 0 Å². The Labute approximate surface area is 139 Å². The zero-order valence-electron chi connectivity index (χ0n) is 13.6. The first kappa shape index (κ1) is 18.1. The summed E-state index contributed by atoms with van der Waals surface area (Å²) in [4.78, 5) is 3.98. The number of pyridine rings is 1. The number of rotatable bonds is 2. The highest BCUT2D eigenvalue weighted by molar-refractivity contribution is 5.45. The third kappa shape index (κ3) is 8.84. The molecule has 0 aliphatic rings. The molecule has 0 saturated heterocycles. The van der Waals surface area contributed by atoms with Crippen LogP contribution in [0.4, 0.5) is 0 Å². The SMILES string of the molecule is C=Cc1ccccc1.C=Cc1ccccn1.Cc1ccccc1. The zero-order chi connectivity index (χ0) is 16.8. The molecule has 0 aliphatic carbocycles. The first-order chi connectivity index (χ1) is 11.3. The number of aromatic nitrogens is 1. The van der Waals surface area contributed by atoms with Crippen LogP contribution in [0.2, 0.25) is 0 Å². The maximum atomic E-state index is 3.98. The highest BCUT2D eigenvalue weighted by Crippen LogP contribution is 1.97. The van der Waals surface area contributed by atoms with E-state index >= 15 is 0 Å². The summed E-state index contributed by atoms with van der Waals surface area (Å²) in [6.07, 6.45) is 5.30. The van der Waals surface area contributed by atoms with Crippen LogP contribution >= 0.6 is 0 Å². The molecule has 0 aliphatic heterocycles. The summed E-state index contributed by atoms with van der Waals surface area (Å²) in [5.74, 6) is 0. The van der Waals surface area contributed by atoms with Crippen LogP contribution in [0, 0.1) is 6.92 Å². The maximum Gasteiger partial charge on any atom is 0.0623 e. The van der Waals surface area contributed by atoms with Gasteiger partial charge in [-0.1, -0.05) is 91.5 Å². The van der Waals surface area contributed by atoms with Gasteiger partial charge < -0.3 is 0 Å². The van der Waals surface area contributed by atoms with Gasteiger partial charge in [0.05, 0.1) is 5.69 Å². The highest BCUT2D eigenvalue weighted by Gasteiger charge is 1.77. The molecule has 1 heterocycles. The molecule has 0 atom stereocenters. The minimum atomic E-state index is 0.924. The molecule has 0 bridgehead atoms. The van der Waals surface area contributed by atoms with Crippen molar-refractivity contribution >= 4 is 12.2 Å². The first-order valence-electron chi connectivity index (χ1n) is 7.49. The topological polar surface area (TPSA) is 12.9 Å². The molecule has 0 N–H and O–H groups in total. The van der Waals surface area contributed by atoms with E-state index in [-0.39, 0.29) is 0 Å². The molecular weight excluding hydrogens is 278 g/mol. The monoisotopic (exact) mass is 301 g/mol. The Kier molecular flexibility index (Phi) is 9.22. The highest BCUT2D eigenvalue weighted by atomic mass is 14.6. The average Bonchev–Trinajstić information content (AvgIpc) is 2.65. The first-order valence-corrected chi connectivity index (χ1v) is 7.49. The van der Waals surface area contributed by atoms with E-state index in [9.17, 15) is 0 Å². The Hall–Kier alpha value is -2.93. The summed E-state index contributed by atoms with van der Waals surface area (Å²) in [6, 6.07) is 26.0. The molecule has 0 amide bonds. The second-order valence-corrected chi connectivity index (χ2v) is 4.73. The minimum Gasteiger partial charge on any atom is -0.257 e. The predicted molar refractivity (Wildman–Crippen MR) is 102 cm³/mol. The molecule has 0 fully saturated rings. The lowest BCUT2D eigenvalue weighted by Crippen LogP contribution is -1.73. The van der Waals surface area contributed by atoms with Gasteiger partial charge in [-0.3, -0.25) is 4.98 Å². The Balaban J connectivity index is 0.000000173. The molecule has 3 aromatic rings. The van der Waals surface area contributed by atoms with Crippen LogP contribution in [-0.2, 0) is 0 Å². The summed E-state index contributed by atoms with van der Waals surface area (Å²) in [5.41, 5.74) is 3.42. The van der Waals surface area contributed by atoms with E-state index < -0.39 is 0 Å². The normalized spacial score (nSPS) is 8.57. The van der Waals surface area contributed by atoms with Gasteiger partial charge in [-0.15, -0.1) is 0 Å². The molecule has 1 heteroatoms. The fraction of sp³-hybridized carbons (Fsp3) is 0.0455. The summed E-state index contributed by atoms with van der Waals surface area (Å²) in [5, 5.41) is 0. The Morgan fingerprint density at radius 3 is 1.57 bits per heavy atom. The molecule has 3 rings (SSSR count). The second kappa shape index (κ2) is 11.7. The number of hydrogen-bond donors (Lipinski definition) is 0. The lowest BCUT2D eigenvalue weighted by atomic mass is 10.2. The Bertz CT molecular complexity index is 615. The smallest absolute Gasteiger partial charge is 0.0623 e. The van der Waals surface area contributed by atoms with E-state index in [0.717, 1.165) is 5.69 Å². The molecular formula is C22H23N. The third-order valence-corrected chi connectivity index (χ3v) is 2.87. The van der Waals surface area contributed by atoms with Crippen molar-refractivity contribution in [3.63, 3.8) is 0 Å². The van der Waals surface area contributed by atoms with Crippen molar-refractivity contribution in [2.75, 3.05) is 0 Å². The maximum absolute atomic E-state index is 3.98. The van der Waals surface area contributed by atoms with Gasteiger partial charge in [0.1, 0.15) is 0 Å². The van der Waals surface area contributed by atoms with Crippen molar-refractivity contribution in [1.82, 2.24) is 4.98 Å². The molecule has 0 radical (unpaired) electrons. The summed E-state index contributed by atoms with van der Waals surface area (Å²) in [7, 11) is 0. The van der Waals surface area contributed by atoms with Crippen LogP contribution in [0.25, 0.3) is 12.2 Å².